The van der Waals surface area contributed by atoms with E-state index >= 15 is 0 Å². The van der Waals surface area contributed by atoms with Gasteiger partial charge in [0, 0.05) is 37.4 Å². The van der Waals surface area contributed by atoms with E-state index in [9.17, 15) is 4.79 Å². The molecule has 24 heavy (non-hydrogen) atoms. The Bertz CT molecular complexity index is 894. The molecule has 0 unspecified atom stereocenters. The Kier molecular flexibility index (Phi) is 3.59. The van der Waals surface area contributed by atoms with Crippen molar-refractivity contribution in [2.45, 2.75) is 32.7 Å². The lowest BCUT2D eigenvalue weighted by Crippen LogP contribution is -2.41. The van der Waals surface area contributed by atoms with Crippen LogP contribution in [0.15, 0.2) is 36.8 Å². The van der Waals surface area contributed by atoms with E-state index in [-0.39, 0.29) is 11.9 Å². The lowest BCUT2D eigenvalue weighted by atomic mass is 10.0. The average molecular weight is 323 g/mol. The van der Waals surface area contributed by atoms with Crippen LogP contribution in [-0.2, 0) is 0 Å². The molecule has 1 saturated heterocycles. The fraction of sp³-hybridized carbons (Fsp3) is 0.389. The van der Waals surface area contributed by atoms with Gasteiger partial charge >= 0.3 is 0 Å². The molecule has 4 heterocycles. The van der Waals surface area contributed by atoms with Crippen LogP contribution in [0.1, 0.15) is 40.6 Å². The summed E-state index contributed by atoms with van der Waals surface area (Å²) in [6.07, 6.45) is 7.54. The van der Waals surface area contributed by atoms with Crippen LogP contribution in [0.3, 0.4) is 0 Å². The normalized spacial score (nSPS) is 18.2. The third kappa shape index (κ3) is 2.48. The number of nitrogens with zero attached hydrogens (tertiary/aromatic N) is 5. The van der Waals surface area contributed by atoms with Crippen LogP contribution >= 0.6 is 0 Å². The average Bonchev–Trinajstić information content (AvgIpc) is 3.20. The third-order valence-electron chi connectivity index (χ3n) is 4.72. The summed E-state index contributed by atoms with van der Waals surface area (Å²) in [5.41, 5.74) is 3.56. The molecule has 0 saturated carbocycles. The number of carbonyl (C=O) groups excluding carboxylic acids is 1. The van der Waals surface area contributed by atoms with Crippen molar-refractivity contribution in [3.8, 4) is 0 Å². The molecular weight excluding hydrogens is 302 g/mol. The number of aromatic nitrogens is 4. The van der Waals surface area contributed by atoms with E-state index in [2.05, 4.69) is 27.8 Å². The SMILES string of the molecule is Cc1cc(C)n([C@H]2CCCN(C(=O)c3cccn4ccnc34)C2)n1. The maximum atomic E-state index is 13.0. The lowest BCUT2D eigenvalue weighted by molar-refractivity contribution is 0.0673. The number of hydrogen-bond donors (Lipinski definition) is 0. The zero-order valence-corrected chi connectivity index (χ0v) is 14.0. The van der Waals surface area contributed by atoms with Gasteiger partial charge in [0.2, 0.25) is 0 Å². The summed E-state index contributed by atoms with van der Waals surface area (Å²) in [5.74, 6) is 0.0537. The summed E-state index contributed by atoms with van der Waals surface area (Å²) in [7, 11) is 0. The van der Waals surface area contributed by atoms with Gasteiger partial charge in [0.1, 0.15) is 5.65 Å². The quantitative estimate of drug-likeness (QED) is 0.728. The molecule has 0 bridgehead atoms. The smallest absolute Gasteiger partial charge is 0.257 e. The molecule has 1 fully saturated rings. The van der Waals surface area contributed by atoms with E-state index in [1.54, 1.807) is 6.20 Å². The molecule has 1 aliphatic heterocycles. The summed E-state index contributed by atoms with van der Waals surface area (Å²) in [5, 5.41) is 4.60. The maximum absolute atomic E-state index is 13.0. The number of pyridine rings is 1. The molecule has 6 nitrogen and oxygen atoms in total. The van der Waals surface area contributed by atoms with Gasteiger partial charge in [-0.05, 0) is 44.9 Å². The summed E-state index contributed by atoms with van der Waals surface area (Å²) in [6, 6.07) is 6.09. The first-order chi connectivity index (χ1) is 11.6. The molecule has 6 heteroatoms. The summed E-state index contributed by atoms with van der Waals surface area (Å²) >= 11 is 0. The van der Waals surface area contributed by atoms with Crippen molar-refractivity contribution in [1.82, 2.24) is 24.1 Å². The lowest BCUT2D eigenvalue weighted by Gasteiger charge is -2.33. The molecule has 0 spiro atoms. The minimum atomic E-state index is 0.0537. The molecule has 0 aromatic carbocycles. The van der Waals surface area contributed by atoms with E-state index in [1.807, 2.05) is 40.8 Å². The van der Waals surface area contributed by atoms with Gasteiger partial charge in [0.05, 0.1) is 17.3 Å². The van der Waals surface area contributed by atoms with Crippen molar-refractivity contribution >= 4 is 11.6 Å². The summed E-state index contributed by atoms with van der Waals surface area (Å²) < 4.78 is 3.96. The third-order valence-corrected chi connectivity index (χ3v) is 4.72. The predicted molar refractivity (Wildman–Crippen MR) is 91.1 cm³/mol. The van der Waals surface area contributed by atoms with Crippen LogP contribution in [0.5, 0.6) is 0 Å². The Hall–Kier alpha value is -2.63. The highest BCUT2D eigenvalue weighted by atomic mass is 16.2. The van der Waals surface area contributed by atoms with Crippen molar-refractivity contribution in [2.75, 3.05) is 13.1 Å². The molecule has 3 aromatic rings. The van der Waals surface area contributed by atoms with Crippen molar-refractivity contribution in [3.05, 3.63) is 53.7 Å². The molecule has 1 aliphatic rings. The molecule has 1 amide bonds. The number of imidazole rings is 1. The zero-order chi connectivity index (χ0) is 16.7. The second-order valence-electron chi connectivity index (χ2n) is 6.50. The first-order valence-corrected chi connectivity index (χ1v) is 8.37. The Morgan fingerprint density at radius 2 is 2.17 bits per heavy atom. The van der Waals surface area contributed by atoms with Crippen LogP contribution in [0, 0.1) is 13.8 Å². The van der Waals surface area contributed by atoms with Crippen LogP contribution in [0.4, 0.5) is 0 Å². The maximum Gasteiger partial charge on any atom is 0.257 e. The monoisotopic (exact) mass is 323 g/mol. The van der Waals surface area contributed by atoms with Gasteiger partial charge < -0.3 is 9.30 Å². The largest absolute Gasteiger partial charge is 0.336 e. The molecule has 0 radical (unpaired) electrons. The minimum Gasteiger partial charge on any atom is -0.336 e. The van der Waals surface area contributed by atoms with Crippen LogP contribution in [-0.4, -0.2) is 43.1 Å². The van der Waals surface area contributed by atoms with E-state index in [0.717, 1.165) is 36.4 Å². The van der Waals surface area contributed by atoms with E-state index in [1.165, 1.54) is 0 Å². The van der Waals surface area contributed by atoms with E-state index in [0.29, 0.717) is 12.1 Å². The van der Waals surface area contributed by atoms with Gasteiger partial charge in [-0.1, -0.05) is 0 Å². The molecule has 0 aliphatic carbocycles. The number of hydrogen-bond acceptors (Lipinski definition) is 3. The van der Waals surface area contributed by atoms with E-state index < -0.39 is 0 Å². The summed E-state index contributed by atoms with van der Waals surface area (Å²) in [4.78, 5) is 19.3. The minimum absolute atomic E-state index is 0.0537. The number of rotatable bonds is 2. The number of amides is 1. The van der Waals surface area contributed by atoms with Crippen molar-refractivity contribution in [2.24, 2.45) is 0 Å². The molecule has 3 aromatic heterocycles. The molecule has 124 valence electrons. The fourth-order valence-electron chi connectivity index (χ4n) is 3.64. The second kappa shape index (κ2) is 5.78. The van der Waals surface area contributed by atoms with Crippen LogP contribution in [0.2, 0.25) is 0 Å². The van der Waals surface area contributed by atoms with E-state index in [4.69, 9.17) is 0 Å². The van der Waals surface area contributed by atoms with Gasteiger partial charge in [0.15, 0.2) is 0 Å². The molecule has 1 atom stereocenters. The van der Waals surface area contributed by atoms with Crippen molar-refractivity contribution in [1.29, 1.82) is 0 Å². The van der Waals surface area contributed by atoms with Gasteiger partial charge in [-0.15, -0.1) is 0 Å². The first kappa shape index (κ1) is 14.9. The number of likely N-dealkylation sites (tertiary alicyclic amines) is 1. The molecule has 0 N–H and O–H groups in total. The van der Waals surface area contributed by atoms with Gasteiger partial charge in [0.25, 0.3) is 5.91 Å². The first-order valence-electron chi connectivity index (χ1n) is 8.37. The number of fused-ring (bicyclic) bond motifs is 1. The number of carbonyl (C=O) groups is 1. The number of aryl methyl sites for hydroxylation is 2. The standard InChI is InChI=1S/C18H21N5O/c1-13-11-14(2)23(20-13)15-5-3-9-22(12-15)18(24)16-6-4-8-21-10-7-19-17(16)21/h4,6-8,10-11,15H,3,5,9,12H2,1-2H3/t15-/m0/s1. The molecular formula is C18H21N5O. The Morgan fingerprint density at radius 3 is 2.96 bits per heavy atom. The fourth-order valence-corrected chi connectivity index (χ4v) is 3.64. The predicted octanol–water partition coefficient (Wildman–Crippen LogP) is 2.62. The van der Waals surface area contributed by atoms with Crippen molar-refractivity contribution in [3.63, 3.8) is 0 Å². The highest BCUT2D eigenvalue weighted by Crippen LogP contribution is 2.24. The Balaban J connectivity index is 1.61. The Morgan fingerprint density at radius 1 is 1.29 bits per heavy atom. The van der Waals surface area contributed by atoms with Gasteiger partial charge in [-0.3, -0.25) is 9.48 Å². The Labute approximate surface area is 140 Å². The highest BCUT2D eigenvalue weighted by Gasteiger charge is 2.28. The topological polar surface area (TPSA) is 55.4 Å². The number of piperidine rings is 1. The zero-order valence-electron chi connectivity index (χ0n) is 14.0. The van der Waals surface area contributed by atoms with Gasteiger partial charge in [-0.2, -0.15) is 5.10 Å². The summed E-state index contributed by atoms with van der Waals surface area (Å²) in [6.45, 7) is 5.57. The van der Waals surface area contributed by atoms with Crippen LogP contribution < -0.4 is 0 Å². The second-order valence-corrected chi connectivity index (χ2v) is 6.50. The molecule has 4 rings (SSSR count). The van der Waals surface area contributed by atoms with Gasteiger partial charge in [-0.25, -0.2) is 4.98 Å². The highest BCUT2D eigenvalue weighted by molar-refractivity contribution is 5.99. The van der Waals surface area contributed by atoms with Crippen LogP contribution in [0.25, 0.3) is 5.65 Å². The van der Waals surface area contributed by atoms with Crippen molar-refractivity contribution < 1.29 is 4.79 Å².